The standard InChI is InChI=1S/C14H17BrN2O2/c1-3-17-12(6-10(2)16-17)9-19-14-5-4-11(8-18)7-13(14)15/h4-7,18H,3,8-9H2,1-2H3. The molecule has 0 saturated carbocycles. The first kappa shape index (κ1) is 14.1. The van der Waals surface area contributed by atoms with E-state index in [9.17, 15) is 0 Å². The normalized spacial score (nSPS) is 10.7. The molecule has 0 saturated heterocycles. The second-order valence-corrected chi connectivity index (χ2v) is 5.16. The van der Waals surface area contributed by atoms with Crippen molar-refractivity contribution in [1.29, 1.82) is 0 Å². The van der Waals surface area contributed by atoms with Crippen LogP contribution in [0.2, 0.25) is 0 Å². The van der Waals surface area contributed by atoms with Crippen molar-refractivity contribution in [3.8, 4) is 5.75 Å². The zero-order chi connectivity index (χ0) is 13.8. The minimum absolute atomic E-state index is 0.0285. The number of aliphatic hydroxyl groups excluding tert-OH is 1. The van der Waals surface area contributed by atoms with Crippen LogP contribution in [0.1, 0.15) is 23.9 Å². The molecule has 0 aliphatic rings. The smallest absolute Gasteiger partial charge is 0.134 e. The van der Waals surface area contributed by atoms with Crippen LogP contribution >= 0.6 is 15.9 Å². The number of nitrogens with zero attached hydrogens (tertiary/aromatic N) is 2. The summed E-state index contributed by atoms with van der Waals surface area (Å²) in [5, 5.41) is 13.4. The van der Waals surface area contributed by atoms with Gasteiger partial charge in [-0.15, -0.1) is 0 Å². The first-order valence-corrected chi connectivity index (χ1v) is 6.98. The molecule has 4 nitrogen and oxygen atoms in total. The maximum atomic E-state index is 9.06. The van der Waals surface area contributed by atoms with Gasteiger partial charge in [-0.25, -0.2) is 0 Å². The summed E-state index contributed by atoms with van der Waals surface area (Å²) in [6, 6.07) is 7.59. The molecule has 0 bridgehead atoms. The largest absolute Gasteiger partial charge is 0.486 e. The fourth-order valence-electron chi connectivity index (χ4n) is 1.90. The van der Waals surface area contributed by atoms with Crippen LogP contribution in [0.4, 0.5) is 0 Å². The van der Waals surface area contributed by atoms with Crippen LogP contribution in [0.15, 0.2) is 28.7 Å². The minimum Gasteiger partial charge on any atom is -0.486 e. The van der Waals surface area contributed by atoms with Gasteiger partial charge in [-0.2, -0.15) is 5.10 Å². The Morgan fingerprint density at radius 3 is 2.79 bits per heavy atom. The van der Waals surface area contributed by atoms with Gasteiger partial charge in [0.1, 0.15) is 12.4 Å². The highest BCUT2D eigenvalue weighted by Crippen LogP contribution is 2.26. The second kappa shape index (κ2) is 6.21. The molecule has 5 heteroatoms. The number of hydrogen-bond acceptors (Lipinski definition) is 3. The summed E-state index contributed by atoms with van der Waals surface area (Å²) in [6.07, 6.45) is 0. The lowest BCUT2D eigenvalue weighted by molar-refractivity contribution is 0.279. The van der Waals surface area contributed by atoms with E-state index in [0.717, 1.165) is 33.7 Å². The van der Waals surface area contributed by atoms with E-state index in [0.29, 0.717) is 6.61 Å². The number of rotatable bonds is 5. The molecule has 2 aromatic rings. The third-order valence-corrected chi connectivity index (χ3v) is 3.46. The maximum absolute atomic E-state index is 9.06. The molecule has 1 aromatic carbocycles. The van der Waals surface area contributed by atoms with Crippen LogP contribution in [-0.2, 0) is 19.8 Å². The van der Waals surface area contributed by atoms with Crippen LogP contribution in [0.25, 0.3) is 0 Å². The fourth-order valence-corrected chi connectivity index (χ4v) is 2.44. The van der Waals surface area contributed by atoms with Crippen LogP contribution < -0.4 is 4.74 Å². The Kier molecular flexibility index (Phi) is 4.61. The molecule has 0 spiro atoms. The van der Waals surface area contributed by atoms with E-state index in [-0.39, 0.29) is 6.61 Å². The molecular weight excluding hydrogens is 308 g/mol. The van der Waals surface area contributed by atoms with Gasteiger partial charge in [-0.05, 0) is 53.5 Å². The average Bonchev–Trinajstić information content (AvgIpc) is 2.77. The number of aromatic nitrogens is 2. The summed E-state index contributed by atoms with van der Waals surface area (Å²) in [4.78, 5) is 0. The monoisotopic (exact) mass is 324 g/mol. The van der Waals surface area contributed by atoms with Gasteiger partial charge in [-0.1, -0.05) is 6.07 Å². The summed E-state index contributed by atoms with van der Waals surface area (Å²) < 4.78 is 8.57. The molecule has 19 heavy (non-hydrogen) atoms. The van der Waals surface area contributed by atoms with E-state index in [1.54, 1.807) is 0 Å². The van der Waals surface area contributed by atoms with E-state index >= 15 is 0 Å². The molecule has 102 valence electrons. The highest BCUT2D eigenvalue weighted by atomic mass is 79.9. The minimum atomic E-state index is 0.0285. The van der Waals surface area contributed by atoms with Crippen molar-refractivity contribution in [1.82, 2.24) is 9.78 Å². The topological polar surface area (TPSA) is 47.3 Å². The summed E-state index contributed by atoms with van der Waals surface area (Å²) >= 11 is 3.44. The lowest BCUT2D eigenvalue weighted by Gasteiger charge is -2.10. The van der Waals surface area contributed by atoms with Crippen LogP contribution in [-0.4, -0.2) is 14.9 Å². The van der Waals surface area contributed by atoms with Crippen LogP contribution in [0.3, 0.4) is 0 Å². The van der Waals surface area contributed by atoms with Crippen LogP contribution in [0, 0.1) is 6.92 Å². The van der Waals surface area contributed by atoms with Gasteiger partial charge in [0.15, 0.2) is 0 Å². The Bertz CT molecular complexity index is 567. The summed E-state index contributed by atoms with van der Waals surface area (Å²) in [7, 11) is 0. The maximum Gasteiger partial charge on any atom is 0.134 e. The molecule has 0 fully saturated rings. The molecule has 1 N–H and O–H groups in total. The number of ether oxygens (including phenoxy) is 1. The van der Waals surface area contributed by atoms with Crippen molar-refractivity contribution in [2.75, 3.05) is 0 Å². The number of hydrogen-bond donors (Lipinski definition) is 1. The highest BCUT2D eigenvalue weighted by molar-refractivity contribution is 9.10. The zero-order valence-electron chi connectivity index (χ0n) is 11.1. The number of benzene rings is 1. The molecular formula is C14H17BrN2O2. The average molecular weight is 325 g/mol. The van der Waals surface area contributed by atoms with Gasteiger partial charge < -0.3 is 9.84 Å². The number of aliphatic hydroxyl groups is 1. The summed E-state index contributed by atoms with van der Waals surface area (Å²) in [5.41, 5.74) is 2.90. The highest BCUT2D eigenvalue weighted by Gasteiger charge is 2.07. The van der Waals surface area contributed by atoms with Crippen molar-refractivity contribution < 1.29 is 9.84 Å². The Morgan fingerprint density at radius 2 is 2.16 bits per heavy atom. The molecule has 0 aliphatic carbocycles. The van der Waals surface area contributed by atoms with E-state index in [1.807, 2.05) is 35.9 Å². The van der Waals surface area contributed by atoms with Crippen molar-refractivity contribution >= 4 is 15.9 Å². The van der Waals surface area contributed by atoms with Crippen molar-refractivity contribution in [3.05, 3.63) is 45.7 Å². The third-order valence-electron chi connectivity index (χ3n) is 2.84. The molecule has 0 unspecified atom stereocenters. The number of aryl methyl sites for hydroxylation is 2. The second-order valence-electron chi connectivity index (χ2n) is 4.30. The first-order chi connectivity index (χ1) is 9.13. The van der Waals surface area contributed by atoms with Gasteiger partial charge >= 0.3 is 0 Å². The Balaban J connectivity index is 2.09. The van der Waals surface area contributed by atoms with Crippen molar-refractivity contribution in [2.24, 2.45) is 0 Å². The third kappa shape index (κ3) is 3.36. The molecule has 0 atom stereocenters. The molecule has 0 radical (unpaired) electrons. The molecule has 0 aliphatic heterocycles. The predicted molar refractivity (Wildman–Crippen MR) is 77.0 cm³/mol. The van der Waals surface area contributed by atoms with Crippen molar-refractivity contribution in [2.45, 2.75) is 33.6 Å². The van der Waals surface area contributed by atoms with E-state index in [2.05, 4.69) is 28.0 Å². The number of halogens is 1. The molecule has 1 aromatic heterocycles. The zero-order valence-corrected chi connectivity index (χ0v) is 12.6. The van der Waals surface area contributed by atoms with Crippen LogP contribution in [0.5, 0.6) is 5.75 Å². The SMILES string of the molecule is CCn1nc(C)cc1COc1ccc(CO)cc1Br. The van der Waals surface area contributed by atoms with Gasteiger partial charge in [0.05, 0.1) is 22.5 Å². The summed E-state index contributed by atoms with van der Waals surface area (Å²) in [5.74, 6) is 0.763. The molecule has 0 amide bonds. The predicted octanol–water partition coefficient (Wildman–Crippen LogP) is 3.05. The van der Waals surface area contributed by atoms with E-state index in [1.165, 1.54) is 0 Å². The van der Waals surface area contributed by atoms with Gasteiger partial charge in [0.2, 0.25) is 0 Å². The van der Waals surface area contributed by atoms with Crippen molar-refractivity contribution in [3.63, 3.8) is 0 Å². The van der Waals surface area contributed by atoms with Gasteiger partial charge in [0, 0.05) is 6.54 Å². The summed E-state index contributed by atoms with van der Waals surface area (Å²) in [6.45, 7) is 5.37. The van der Waals surface area contributed by atoms with E-state index < -0.39 is 0 Å². The molecule has 2 rings (SSSR count). The van der Waals surface area contributed by atoms with E-state index in [4.69, 9.17) is 9.84 Å². The fraction of sp³-hybridized carbons (Fsp3) is 0.357. The quantitative estimate of drug-likeness (QED) is 0.919. The first-order valence-electron chi connectivity index (χ1n) is 6.19. The molecule has 1 heterocycles. The van der Waals surface area contributed by atoms with Gasteiger partial charge in [0.25, 0.3) is 0 Å². The Labute approximate surface area is 121 Å². The Morgan fingerprint density at radius 1 is 1.37 bits per heavy atom. The van der Waals surface area contributed by atoms with Gasteiger partial charge in [-0.3, -0.25) is 4.68 Å². The lowest BCUT2D eigenvalue weighted by atomic mass is 10.2. The lowest BCUT2D eigenvalue weighted by Crippen LogP contribution is -2.06. The Hall–Kier alpha value is -1.33.